The second-order valence-electron chi connectivity index (χ2n) is 4.86. The first-order chi connectivity index (χ1) is 8.25. The molecule has 0 atom stereocenters. The minimum absolute atomic E-state index is 0.176. The maximum absolute atomic E-state index is 11.9. The Labute approximate surface area is 101 Å². The van der Waals surface area contributed by atoms with Crippen molar-refractivity contribution in [1.82, 2.24) is 0 Å². The van der Waals surface area contributed by atoms with Crippen LogP contribution in [-0.4, -0.2) is 13.1 Å². The van der Waals surface area contributed by atoms with Crippen molar-refractivity contribution in [3.8, 4) is 5.75 Å². The maximum atomic E-state index is 11.9. The van der Waals surface area contributed by atoms with E-state index in [1.165, 1.54) is 6.42 Å². The Morgan fingerprint density at radius 3 is 2.71 bits per heavy atom. The first-order valence-corrected chi connectivity index (χ1v) is 6.17. The van der Waals surface area contributed by atoms with E-state index in [1.54, 1.807) is 7.11 Å². The number of carbonyl (C=O) groups is 1. The molecule has 90 valence electrons. The Morgan fingerprint density at radius 1 is 1.24 bits per heavy atom. The topological polar surface area (TPSA) is 35.5 Å². The molecule has 3 nitrogen and oxygen atoms in total. The standard InChI is InChI=1S/C14H16O3/c1-16-10-5-6-11-12(9-10)14(17-13(11)15)7-3-2-4-8-14/h5-6,9H,2-4,7-8H2,1H3. The van der Waals surface area contributed by atoms with E-state index in [0.29, 0.717) is 5.56 Å². The highest BCUT2D eigenvalue weighted by Gasteiger charge is 2.46. The molecule has 1 spiro atoms. The van der Waals surface area contributed by atoms with Crippen molar-refractivity contribution in [3.63, 3.8) is 0 Å². The molecule has 2 aliphatic rings. The van der Waals surface area contributed by atoms with Gasteiger partial charge in [0.2, 0.25) is 0 Å². The average molecular weight is 232 g/mol. The van der Waals surface area contributed by atoms with Crippen molar-refractivity contribution in [1.29, 1.82) is 0 Å². The largest absolute Gasteiger partial charge is 0.497 e. The number of hydrogen-bond donors (Lipinski definition) is 0. The lowest BCUT2D eigenvalue weighted by molar-refractivity contribution is -0.0281. The van der Waals surface area contributed by atoms with Crippen LogP contribution >= 0.6 is 0 Å². The Kier molecular flexibility index (Phi) is 2.35. The van der Waals surface area contributed by atoms with Crippen LogP contribution in [0.1, 0.15) is 48.0 Å². The van der Waals surface area contributed by atoms with Gasteiger partial charge in [0.25, 0.3) is 0 Å². The number of carbonyl (C=O) groups excluding carboxylic acids is 1. The smallest absolute Gasteiger partial charge is 0.339 e. The molecule has 0 unspecified atom stereocenters. The van der Waals surface area contributed by atoms with Crippen LogP contribution in [0.2, 0.25) is 0 Å². The minimum atomic E-state index is -0.362. The van der Waals surface area contributed by atoms with Gasteiger partial charge in [-0.1, -0.05) is 6.42 Å². The molecule has 17 heavy (non-hydrogen) atoms. The molecule has 1 heterocycles. The fourth-order valence-electron chi connectivity index (χ4n) is 2.99. The van der Waals surface area contributed by atoms with E-state index in [2.05, 4.69) is 0 Å². The lowest BCUT2D eigenvalue weighted by Crippen LogP contribution is -2.28. The highest BCUT2D eigenvalue weighted by Crippen LogP contribution is 2.47. The summed E-state index contributed by atoms with van der Waals surface area (Å²) in [5.74, 6) is 0.622. The Balaban J connectivity index is 2.09. The molecule has 0 amide bonds. The van der Waals surface area contributed by atoms with Crippen LogP contribution in [0.25, 0.3) is 0 Å². The van der Waals surface area contributed by atoms with E-state index in [1.807, 2.05) is 18.2 Å². The molecule has 0 bridgehead atoms. The molecule has 3 heteroatoms. The average Bonchev–Trinajstić information content (AvgIpc) is 2.63. The normalized spacial score (nSPS) is 21.1. The van der Waals surface area contributed by atoms with Crippen molar-refractivity contribution in [2.45, 2.75) is 37.7 Å². The Bertz CT molecular complexity index is 459. The van der Waals surface area contributed by atoms with E-state index in [-0.39, 0.29) is 11.6 Å². The van der Waals surface area contributed by atoms with E-state index in [0.717, 1.165) is 37.0 Å². The number of fused-ring (bicyclic) bond motifs is 2. The number of methoxy groups -OCH3 is 1. The van der Waals surface area contributed by atoms with Crippen molar-refractivity contribution in [3.05, 3.63) is 29.3 Å². The quantitative estimate of drug-likeness (QED) is 0.698. The molecule has 1 fully saturated rings. The fourth-order valence-corrected chi connectivity index (χ4v) is 2.99. The van der Waals surface area contributed by atoms with Gasteiger partial charge in [-0.05, 0) is 43.9 Å². The molecule has 0 saturated heterocycles. The predicted octanol–water partition coefficient (Wildman–Crippen LogP) is 3.03. The fraction of sp³-hybridized carbons (Fsp3) is 0.500. The highest BCUT2D eigenvalue weighted by molar-refractivity contribution is 5.95. The monoisotopic (exact) mass is 232 g/mol. The number of benzene rings is 1. The van der Waals surface area contributed by atoms with Crippen molar-refractivity contribution >= 4 is 5.97 Å². The van der Waals surface area contributed by atoms with Crippen LogP contribution in [0.3, 0.4) is 0 Å². The van der Waals surface area contributed by atoms with Crippen molar-refractivity contribution < 1.29 is 14.3 Å². The van der Waals surface area contributed by atoms with E-state index in [9.17, 15) is 4.79 Å². The van der Waals surface area contributed by atoms with Gasteiger partial charge in [-0.2, -0.15) is 0 Å². The second kappa shape index (κ2) is 3.76. The zero-order valence-corrected chi connectivity index (χ0v) is 9.99. The molecular weight excluding hydrogens is 216 g/mol. The van der Waals surface area contributed by atoms with E-state index < -0.39 is 0 Å². The molecule has 1 aromatic rings. The Hall–Kier alpha value is -1.51. The summed E-state index contributed by atoms with van der Waals surface area (Å²) in [5.41, 5.74) is 1.38. The van der Waals surface area contributed by atoms with Gasteiger partial charge in [-0.25, -0.2) is 4.79 Å². The number of ether oxygens (including phenoxy) is 2. The van der Waals surface area contributed by atoms with Crippen molar-refractivity contribution in [2.24, 2.45) is 0 Å². The third-order valence-electron chi connectivity index (χ3n) is 3.89. The molecule has 1 aromatic carbocycles. The summed E-state index contributed by atoms with van der Waals surface area (Å²) in [6.07, 6.45) is 5.38. The van der Waals surface area contributed by atoms with Gasteiger partial charge < -0.3 is 9.47 Å². The maximum Gasteiger partial charge on any atom is 0.339 e. The summed E-state index contributed by atoms with van der Waals surface area (Å²) in [6, 6.07) is 5.60. The number of hydrogen-bond acceptors (Lipinski definition) is 3. The summed E-state index contributed by atoms with van der Waals surface area (Å²) in [5, 5.41) is 0. The van der Waals surface area contributed by atoms with Gasteiger partial charge in [0, 0.05) is 5.56 Å². The van der Waals surface area contributed by atoms with Gasteiger partial charge in [-0.3, -0.25) is 0 Å². The third-order valence-corrected chi connectivity index (χ3v) is 3.89. The summed E-state index contributed by atoms with van der Waals surface area (Å²) < 4.78 is 10.9. The van der Waals surface area contributed by atoms with Gasteiger partial charge >= 0.3 is 5.97 Å². The van der Waals surface area contributed by atoms with E-state index >= 15 is 0 Å². The third kappa shape index (κ3) is 1.53. The molecule has 1 saturated carbocycles. The first kappa shape index (κ1) is 10.6. The summed E-state index contributed by atoms with van der Waals surface area (Å²) in [4.78, 5) is 11.9. The van der Waals surface area contributed by atoms with Gasteiger partial charge in [0.15, 0.2) is 0 Å². The minimum Gasteiger partial charge on any atom is -0.497 e. The zero-order chi connectivity index (χ0) is 11.9. The van der Waals surface area contributed by atoms with Crippen LogP contribution in [0.15, 0.2) is 18.2 Å². The lowest BCUT2D eigenvalue weighted by atomic mass is 9.79. The molecule has 1 aliphatic carbocycles. The van der Waals surface area contributed by atoms with Crippen molar-refractivity contribution in [2.75, 3.05) is 7.11 Å². The lowest BCUT2D eigenvalue weighted by Gasteiger charge is -2.32. The number of rotatable bonds is 1. The van der Waals surface area contributed by atoms with Gasteiger partial charge in [0.05, 0.1) is 12.7 Å². The zero-order valence-electron chi connectivity index (χ0n) is 9.99. The first-order valence-electron chi connectivity index (χ1n) is 6.17. The molecule has 0 N–H and O–H groups in total. The van der Waals surface area contributed by atoms with Gasteiger partial charge in [-0.15, -0.1) is 0 Å². The SMILES string of the molecule is COc1ccc2c(c1)C1(CCCCC1)OC2=O. The predicted molar refractivity (Wildman–Crippen MR) is 63.2 cm³/mol. The molecular formula is C14H16O3. The summed E-state index contributed by atoms with van der Waals surface area (Å²) >= 11 is 0. The van der Waals surface area contributed by atoms with E-state index in [4.69, 9.17) is 9.47 Å². The van der Waals surface area contributed by atoms with Crippen LogP contribution in [0.5, 0.6) is 5.75 Å². The molecule has 0 aromatic heterocycles. The summed E-state index contributed by atoms with van der Waals surface area (Å²) in [7, 11) is 1.65. The molecule has 3 rings (SSSR count). The molecule has 1 aliphatic heterocycles. The Morgan fingerprint density at radius 2 is 2.00 bits per heavy atom. The van der Waals surface area contributed by atoms with Crippen LogP contribution in [0, 0.1) is 0 Å². The second-order valence-corrected chi connectivity index (χ2v) is 4.86. The van der Waals surface area contributed by atoms with Crippen LogP contribution in [0.4, 0.5) is 0 Å². The van der Waals surface area contributed by atoms with Gasteiger partial charge in [0.1, 0.15) is 11.4 Å². The molecule has 0 radical (unpaired) electrons. The van der Waals surface area contributed by atoms with Crippen LogP contribution < -0.4 is 4.74 Å². The number of esters is 1. The summed E-state index contributed by atoms with van der Waals surface area (Å²) in [6.45, 7) is 0. The van der Waals surface area contributed by atoms with Crippen LogP contribution in [-0.2, 0) is 10.3 Å². The highest BCUT2D eigenvalue weighted by atomic mass is 16.6.